The number of nitrogens with zero attached hydrogens (tertiary/aromatic N) is 2. The number of fused-ring (bicyclic) bond motifs is 1. The summed E-state index contributed by atoms with van der Waals surface area (Å²) in [5, 5.41) is 14.7. The van der Waals surface area contributed by atoms with E-state index in [1.165, 1.54) is 12.4 Å². The fourth-order valence-electron chi connectivity index (χ4n) is 2.44. The van der Waals surface area contributed by atoms with Crippen molar-refractivity contribution in [1.29, 1.82) is 0 Å². The third kappa shape index (κ3) is 3.25. The first-order valence-electron chi connectivity index (χ1n) is 6.88. The van der Waals surface area contributed by atoms with Gasteiger partial charge in [0.05, 0.1) is 22.2 Å². The lowest BCUT2D eigenvalue weighted by Crippen LogP contribution is -2.27. The van der Waals surface area contributed by atoms with Crippen LogP contribution in [0.1, 0.15) is 25.3 Å². The Morgan fingerprint density at radius 2 is 2.24 bits per heavy atom. The van der Waals surface area contributed by atoms with Crippen LogP contribution in [0.4, 0.5) is 5.69 Å². The number of rotatable bonds is 6. The average Bonchev–Trinajstić information content (AvgIpc) is 2.46. The van der Waals surface area contributed by atoms with E-state index in [0.717, 1.165) is 12.8 Å². The van der Waals surface area contributed by atoms with E-state index in [1.807, 2.05) is 7.05 Å². The molecule has 0 radical (unpaired) electrons. The van der Waals surface area contributed by atoms with Gasteiger partial charge < -0.3 is 10.3 Å². The first-order chi connectivity index (χ1) is 10.1. The molecule has 1 heterocycles. The lowest BCUT2D eigenvalue weighted by atomic mass is 9.99. The van der Waals surface area contributed by atoms with Crippen molar-refractivity contribution in [2.75, 3.05) is 7.05 Å². The smallest absolute Gasteiger partial charge is 0.273 e. The molecular weight excluding hydrogens is 272 g/mol. The van der Waals surface area contributed by atoms with Gasteiger partial charge in [-0.25, -0.2) is 4.98 Å². The van der Waals surface area contributed by atoms with Crippen LogP contribution in [0.2, 0.25) is 0 Å². The van der Waals surface area contributed by atoms with Crippen LogP contribution in [0.15, 0.2) is 23.3 Å². The fourth-order valence-corrected chi connectivity index (χ4v) is 2.44. The van der Waals surface area contributed by atoms with E-state index in [1.54, 1.807) is 6.07 Å². The lowest BCUT2D eigenvalue weighted by molar-refractivity contribution is -0.385. The number of aromatic amines is 1. The van der Waals surface area contributed by atoms with Crippen LogP contribution < -0.4 is 10.9 Å². The molecule has 0 saturated heterocycles. The van der Waals surface area contributed by atoms with Crippen LogP contribution in [0, 0.1) is 10.1 Å². The van der Waals surface area contributed by atoms with Gasteiger partial charge in [-0.1, -0.05) is 13.3 Å². The summed E-state index contributed by atoms with van der Waals surface area (Å²) < 4.78 is 0. The highest BCUT2D eigenvalue weighted by atomic mass is 16.6. The zero-order chi connectivity index (χ0) is 15.4. The molecule has 2 rings (SSSR count). The second-order valence-corrected chi connectivity index (χ2v) is 4.97. The molecular formula is C14H18N4O3. The van der Waals surface area contributed by atoms with Crippen molar-refractivity contribution in [3.8, 4) is 0 Å². The standard InChI is InChI=1S/C14H18N4O3/c1-3-4-10(15-2)5-9-6-12-11(7-13(9)18(20)21)14(19)17-8-16-12/h6-8,10,15H,3-5H2,1-2H3,(H,16,17,19). The third-order valence-electron chi connectivity index (χ3n) is 3.55. The lowest BCUT2D eigenvalue weighted by Gasteiger charge is -2.15. The van der Waals surface area contributed by atoms with E-state index < -0.39 is 4.92 Å². The molecule has 0 aliphatic rings. The minimum Gasteiger partial charge on any atom is -0.317 e. The van der Waals surface area contributed by atoms with Crippen LogP contribution in [0.3, 0.4) is 0 Å². The van der Waals surface area contributed by atoms with Gasteiger partial charge in [0, 0.05) is 17.7 Å². The normalized spacial score (nSPS) is 12.5. The average molecular weight is 290 g/mol. The molecule has 2 aromatic rings. The van der Waals surface area contributed by atoms with Gasteiger partial charge in [0.25, 0.3) is 11.2 Å². The SMILES string of the molecule is CCCC(Cc1cc2nc[nH]c(=O)c2cc1[N+](=O)[O-])NC. The Morgan fingerprint density at radius 1 is 1.48 bits per heavy atom. The highest BCUT2D eigenvalue weighted by Gasteiger charge is 2.19. The molecule has 21 heavy (non-hydrogen) atoms. The van der Waals surface area contributed by atoms with Crippen LogP contribution in [0.25, 0.3) is 10.9 Å². The Hall–Kier alpha value is -2.28. The van der Waals surface area contributed by atoms with Crippen molar-refractivity contribution >= 4 is 16.6 Å². The summed E-state index contributed by atoms with van der Waals surface area (Å²) in [6.07, 6.45) is 3.76. The maximum atomic E-state index is 11.7. The molecule has 0 spiro atoms. The molecule has 1 aromatic heterocycles. The van der Waals surface area contributed by atoms with Crippen molar-refractivity contribution in [3.63, 3.8) is 0 Å². The zero-order valence-electron chi connectivity index (χ0n) is 12.0. The Balaban J connectivity index is 2.53. The highest BCUT2D eigenvalue weighted by molar-refractivity contribution is 5.81. The van der Waals surface area contributed by atoms with E-state index in [9.17, 15) is 14.9 Å². The third-order valence-corrected chi connectivity index (χ3v) is 3.55. The summed E-state index contributed by atoms with van der Waals surface area (Å²) in [5.74, 6) is 0. The Morgan fingerprint density at radius 3 is 2.86 bits per heavy atom. The van der Waals surface area contributed by atoms with Crippen LogP contribution in [0.5, 0.6) is 0 Å². The summed E-state index contributed by atoms with van der Waals surface area (Å²) in [6, 6.07) is 3.12. The minimum absolute atomic E-state index is 0.0302. The molecule has 0 saturated carbocycles. The van der Waals surface area contributed by atoms with E-state index in [0.29, 0.717) is 17.5 Å². The number of nitro benzene ring substituents is 1. The summed E-state index contributed by atoms with van der Waals surface area (Å²) >= 11 is 0. The molecule has 0 fully saturated rings. The van der Waals surface area contributed by atoms with E-state index >= 15 is 0 Å². The topological polar surface area (TPSA) is 101 Å². The molecule has 112 valence electrons. The minimum atomic E-state index is -0.445. The second-order valence-electron chi connectivity index (χ2n) is 4.97. The van der Waals surface area contributed by atoms with Gasteiger partial charge in [-0.15, -0.1) is 0 Å². The van der Waals surface area contributed by atoms with Crippen molar-refractivity contribution in [1.82, 2.24) is 15.3 Å². The van der Waals surface area contributed by atoms with Gasteiger partial charge >= 0.3 is 0 Å². The summed E-state index contributed by atoms with van der Waals surface area (Å²) in [5.41, 5.74) is 0.676. The van der Waals surface area contributed by atoms with Gasteiger partial charge in [0.15, 0.2) is 0 Å². The predicted molar refractivity (Wildman–Crippen MR) is 80.5 cm³/mol. The molecule has 0 aliphatic heterocycles. The summed E-state index contributed by atoms with van der Waals surface area (Å²) in [6.45, 7) is 2.07. The first kappa shape index (κ1) is 15.1. The summed E-state index contributed by atoms with van der Waals surface area (Å²) in [4.78, 5) is 29.0. The predicted octanol–water partition coefficient (Wildman–Crippen LogP) is 1.76. The van der Waals surface area contributed by atoms with Gasteiger partial charge in [0.2, 0.25) is 0 Å². The number of benzene rings is 1. The van der Waals surface area contributed by atoms with E-state index in [-0.39, 0.29) is 22.7 Å². The van der Waals surface area contributed by atoms with Gasteiger partial charge in [0.1, 0.15) is 0 Å². The van der Waals surface area contributed by atoms with Gasteiger partial charge in [-0.2, -0.15) is 0 Å². The van der Waals surface area contributed by atoms with Crippen LogP contribution in [-0.4, -0.2) is 28.0 Å². The zero-order valence-corrected chi connectivity index (χ0v) is 12.0. The fraction of sp³-hybridized carbons (Fsp3) is 0.429. The molecule has 2 N–H and O–H groups in total. The Kier molecular flexibility index (Phi) is 4.64. The van der Waals surface area contributed by atoms with Gasteiger partial charge in [-0.3, -0.25) is 14.9 Å². The van der Waals surface area contributed by atoms with Crippen LogP contribution >= 0.6 is 0 Å². The molecule has 7 nitrogen and oxygen atoms in total. The Bertz CT molecular complexity index is 711. The number of hydrogen-bond acceptors (Lipinski definition) is 5. The molecule has 7 heteroatoms. The van der Waals surface area contributed by atoms with Crippen molar-refractivity contribution < 1.29 is 4.92 Å². The Labute approximate surface area is 121 Å². The molecule has 1 unspecified atom stereocenters. The van der Waals surface area contributed by atoms with Crippen molar-refractivity contribution in [2.45, 2.75) is 32.2 Å². The summed E-state index contributed by atoms with van der Waals surface area (Å²) in [7, 11) is 1.84. The van der Waals surface area contributed by atoms with E-state index in [4.69, 9.17) is 0 Å². The number of hydrogen-bond donors (Lipinski definition) is 2. The van der Waals surface area contributed by atoms with E-state index in [2.05, 4.69) is 22.2 Å². The number of aromatic nitrogens is 2. The number of nitrogens with one attached hydrogen (secondary N) is 2. The van der Waals surface area contributed by atoms with Crippen LogP contribution in [-0.2, 0) is 6.42 Å². The molecule has 0 bridgehead atoms. The monoisotopic (exact) mass is 290 g/mol. The molecule has 1 atom stereocenters. The maximum Gasteiger partial charge on any atom is 0.273 e. The second kappa shape index (κ2) is 6.45. The van der Waals surface area contributed by atoms with Crippen molar-refractivity contribution in [2.24, 2.45) is 0 Å². The molecule has 1 aromatic carbocycles. The maximum absolute atomic E-state index is 11.7. The largest absolute Gasteiger partial charge is 0.317 e. The molecule has 0 aliphatic carbocycles. The number of H-pyrrole nitrogens is 1. The van der Waals surface area contributed by atoms with Crippen molar-refractivity contribution in [3.05, 3.63) is 44.5 Å². The molecule has 0 amide bonds. The highest BCUT2D eigenvalue weighted by Crippen LogP contribution is 2.24. The number of nitro groups is 1. The quantitative estimate of drug-likeness (QED) is 0.623. The number of likely N-dealkylation sites (N-methyl/N-ethyl adjacent to an activating group) is 1. The first-order valence-corrected chi connectivity index (χ1v) is 6.88. The van der Waals surface area contributed by atoms with Gasteiger partial charge in [-0.05, 0) is 26.0 Å².